The van der Waals surface area contributed by atoms with E-state index in [1.165, 1.54) is 0 Å². The molecule has 1 aromatic heterocycles. The monoisotopic (exact) mass is 332 g/mol. The molecule has 1 saturated heterocycles. The zero-order chi connectivity index (χ0) is 14.1. The maximum absolute atomic E-state index is 11.4. The fourth-order valence-corrected chi connectivity index (χ4v) is 3.21. The molecule has 0 aliphatic carbocycles. The van der Waals surface area contributed by atoms with E-state index < -0.39 is 0 Å². The molecule has 1 aliphatic rings. The molecule has 0 atom stereocenters. The summed E-state index contributed by atoms with van der Waals surface area (Å²) in [6, 6.07) is 10.4. The number of nitrogens with zero attached hydrogens (tertiary/aromatic N) is 2. The summed E-state index contributed by atoms with van der Waals surface area (Å²) in [5.74, 6) is 0.651. The van der Waals surface area contributed by atoms with E-state index in [-0.39, 0.29) is 5.91 Å². The molecule has 0 spiro atoms. The minimum atomic E-state index is 0.180. The number of hydrogen-bond donors (Lipinski definition) is 0. The van der Waals surface area contributed by atoms with Crippen LogP contribution in [0.25, 0.3) is 10.9 Å². The summed E-state index contributed by atoms with van der Waals surface area (Å²) in [6.07, 6.45) is 2.02. The normalized spacial score (nSPS) is 16.6. The average Bonchev–Trinajstić information content (AvgIpc) is 2.47. The van der Waals surface area contributed by atoms with E-state index in [9.17, 15) is 4.79 Å². The van der Waals surface area contributed by atoms with E-state index >= 15 is 0 Å². The maximum atomic E-state index is 11.4. The molecule has 3 nitrogen and oxygen atoms in total. The van der Waals surface area contributed by atoms with Crippen LogP contribution in [0.1, 0.15) is 31.4 Å². The van der Waals surface area contributed by atoms with Crippen LogP contribution in [0.4, 0.5) is 0 Å². The molecule has 3 rings (SSSR count). The van der Waals surface area contributed by atoms with Crippen LogP contribution in [0.3, 0.4) is 0 Å². The first-order valence-electron chi connectivity index (χ1n) is 6.95. The van der Waals surface area contributed by atoms with Crippen molar-refractivity contribution < 1.29 is 4.79 Å². The van der Waals surface area contributed by atoms with Crippen molar-refractivity contribution in [1.82, 2.24) is 9.88 Å². The highest BCUT2D eigenvalue weighted by Crippen LogP contribution is 2.28. The lowest BCUT2D eigenvalue weighted by Gasteiger charge is -2.31. The fourth-order valence-electron chi connectivity index (χ4n) is 2.83. The number of halogens is 1. The van der Waals surface area contributed by atoms with Gasteiger partial charge in [0.2, 0.25) is 5.91 Å². The SMILES string of the molecule is CC(=O)N1CCC(c2ccc3cc(Br)ccc3n2)CC1. The number of hydrogen-bond acceptors (Lipinski definition) is 2. The van der Waals surface area contributed by atoms with Gasteiger partial charge in [0.05, 0.1) is 5.52 Å². The predicted molar refractivity (Wildman–Crippen MR) is 83.7 cm³/mol. The van der Waals surface area contributed by atoms with Crippen molar-refractivity contribution in [3.05, 3.63) is 40.5 Å². The van der Waals surface area contributed by atoms with Gasteiger partial charge in [0, 0.05) is 41.5 Å². The third-order valence-electron chi connectivity index (χ3n) is 4.03. The van der Waals surface area contributed by atoms with Crippen LogP contribution in [0, 0.1) is 0 Å². The molecule has 2 heterocycles. The molecule has 0 saturated carbocycles. The highest BCUT2D eigenvalue weighted by atomic mass is 79.9. The molecule has 0 radical (unpaired) electrons. The van der Waals surface area contributed by atoms with Crippen molar-refractivity contribution in [2.24, 2.45) is 0 Å². The molecule has 0 bridgehead atoms. The Labute approximate surface area is 127 Å². The highest BCUT2D eigenvalue weighted by molar-refractivity contribution is 9.10. The Bertz CT molecular complexity index is 648. The third kappa shape index (κ3) is 2.70. The summed E-state index contributed by atoms with van der Waals surface area (Å²) >= 11 is 3.48. The van der Waals surface area contributed by atoms with Crippen LogP contribution in [0.5, 0.6) is 0 Å². The first-order chi connectivity index (χ1) is 9.63. The summed E-state index contributed by atoms with van der Waals surface area (Å²) in [7, 11) is 0. The van der Waals surface area contributed by atoms with E-state index in [2.05, 4.69) is 34.1 Å². The summed E-state index contributed by atoms with van der Waals surface area (Å²) < 4.78 is 1.08. The number of likely N-dealkylation sites (tertiary alicyclic amines) is 1. The van der Waals surface area contributed by atoms with Gasteiger partial charge < -0.3 is 4.90 Å². The van der Waals surface area contributed by atoms with E-state index in [1.54, 1.807) is 6.92 Å². The molecule has 2 aromatic rings. The quantitative estimate of drug-likeness (QED) is 0.797. The Morgan fingerprint density at radius 1 is 1.25 bits per heavy atom. The lowest BCUT2D eigenvalue weighted by atomic mass is 9.92. The van der Waals surface area contributed by atoms with Crippen molar-refractivity contribution in [2.75, 3.05) is 13.1 Å². The lowest BCUT2D eigenvalue weighted by Crippen LogP contribution is -2.36. The maximum Gasteiger partial charge on any atom is 0.219 e. The average molecular weight is 333 g/mol. The highest BCUT2D eigenvalue weighted by Gasteiger charge is 2.22. The van der Waals surface area contributed by atoms with Crippen LogP contribution in [0.15, 0.2) is 34.8 Å². The minimum Gasteiger partial charge on any atom is -0.343 e. The topological polar surface area (TPSA) is 33.2 Å². The molecule has 104 valence electrons. The van der Waals surface area contributed by atoms with Gasteiger partial charge in [-0.05, 0) is 37.1 Å². The van der Waals surface area contributed by atoms with Gasteiger partial charge in [0.25, 0.3) is 0 Å². The number of pyridine rings is 1. The van der Waals surface area contributed by atoms with Crippen LogP contribution in [-0.4, -0.2) is 28.9 Å². The largest absolute Gasteiger partial charge is 0.343 e. The first kappa shape index (κ1) is 13.6. The second-order valence-electron chi connectivity index (χ2n) is 5.35. The minimum absolute atomic E-state index is 0.180. The number of amides is 1. The zero-order valence-corrected chi connectivity index (χ0v) is 13.1. The first-order valence-corrected chi connectivity index (χ1v) is 7.74. The van der Waals surface area contributed by atoms with Gasteiger partial charge in [-0.2, -0.15) is 0 Å². The van der Waals surface area contributed by atoms with Gasteiger partial charge in [-0.3, -0.25) is 9.78 Å². The third-order valence-corrected chi connectivity index (χ3v) is 4.52. The second-order valence-corrected chi connectivity index (χ2v) is 6.27. The van der Waals surface area contributed by atoms with Crippen molar-refractivity contribution in [3.63, 3.8) is 0 Å². The molecule has 0 unspecified atom stereocenters. The Balaban J connectivity index is 1.81. The lowest BCUT2D eigenvalue weighted by molar-refractivity contribution is -0.129. The summed E-state index contributed by atoms with van der Waals surface area (Å²) in [5.41, 5.74) is 2.20. The summed E-state index contributed by atoms with van der Waals surface area (Å²) in [5, 5.41) is 1.16. The van der Waals surface area contributed by atoms with Gasteiger partial charge >= 0.3 is 0 Å². The van der Waals surface area contributed by atoms with Gasteiger partial charge in [0.15, 0.2) is 0 Å². The van der Waals surface area contributed by atoms with Crippen LogP contribution < -0.4 is 0 Å². The summed E-state index contributed by atoms with van der Waals surface area (Å²) in [4.78, 5) is 18.1. The van der Waals surface area contributed by atoms with Gasteiger partial charge in [-0.25, -0.2) is 0 Å². The van der Waals surface area contributed by atoms with Crippen molar-refractivity contribution in [3.8, 4) is 0 Å². The van der Waals surface area contributed by atoms with Crippen LogP contribution in [0.2, 0.25) is 0 Å². The van der Waals surface area contributed by atoms with Crippen molar-refractivity contribution in [1.29, 1.82) is 0 Å². The Kier molecular flexibility index (Phi) is 3.74. The molecule has 1 aromatic carbocycles. The standard InChI is InChI=1S/C16H17BrN2O/c1-11(20)19-8-6-12(7-9-19)15-4-2-13-10-14(17)3-5-16(13)18-15/h2-5,10,12H,6-9H2,1H3. The second kappa shape index (κ2) is 5.52. The van der Waals surface area contributed by atoms with E-state index in [4.69, 9.17) is 4.98 Å². The van der Waals surface area contributed by atoms with Crippen LogP contribution >= 0.6 is 15.9 Å². The Morgan fingerprint density at radius 2 is 2.00 bits per heavy atom. The Morgan fingerprint density at radius 3 is 2.70 bits per heavy atom. The van der Waals surface area contributed by atoms with E-state index in [0.29, 0.717) is 5.92 Å². The number of carbonyl (C=O) groups is 1. The number of rotatable bonds is 1. The van der Waals surface area contributed by atoms with Crippen molar-refractivity contribution >= 4 is 32.7 Å². The van der Waals surface area contributed by atoms with E-state index in [1.807, 2.05) is 17.0 Å². The fraction of sp³-hybridized carbons (Fsp3) is 0.375. The van der Waals surface area contributed by atoms with Gasteiger partial charge in [-0.1, -0.05) is 22.0 Å². The number of piperidine rings is 1. The molecular formula is C16H17BrN2O. The van der Waals surface area contributed by atoms with Gasteiger partial charge in [-0.15, -0.1) is 0 Å². The molecule has 1 aliphatic heterocycles. The molecule has 1 amide bonds. The molecule has 1 fully saturated rings. The molecule has 4 heteroatoms. The summed E-state index contributed by atoms with van der Waals surface area (Å²) in [6.45, 7) is 3.34. The number of fused-ring (bicyclic) bond motifs is 1. The van der Waals surface area contributed by atoms with E-state index in [0.717, 1.165) is 47.0 Å². The van der Waals surface area contributed by atoms with Crippen molar-refractivity contribution in [2.45, 2.75) is 25.7 Å². The Hall–Kier alpha value is -1.42. The van der Waals surface area contributed by atoms with Crippen LogP contribution in [-0.2, 0) is 4.79 Å². The smallest absolute Gasteiger partial charge is 0.219 e. The number of carbonyl (C=O) groups excluding carboxylic acids is 1. The number of aromatic nitrogens is 1. The number of benzene rings is 1. The molecule has 0 N–H and O–H groups in total. The molecule has 20 heavy (non-hydrogen) atoms. The zero-order valence-electron chi connectivity index (χ0n) is 11.5. The molecular weight excluding hydrogens is 316 g/mol. The van der Waals surface area contributed by atoms with Gasteiger partial charge in [0.1, 0.15) is 0 Å². The predicted octanol–water partition coefficient (Wildman–Crippen LogP) is 3.72.